The van der Waals surface area contributed by atoms with Gasteiger partial charge in [-0.05, 0) is 24.2 Å². The second-order valence-corrected chi connectivity index (χ2v) is 3.47. The van der Waals surface area contributed by atoms with Crippen LogP contribution in [0.1, 0.15) is 16.2 Å². The highest BCUT2D eigenvalue weighted by atomic mass is 19.2. The molecule has 0 saturated heterocycles. The smallest absolute Gasteiger partial charge is 0.279 e. The molecule has 0 radical (unpaired) electrons. The van der Waals surface area contributed by atoms with E-state index in [1.165, 1.54) is 6.92 Å². The first kappa shape index (κ1) is 12.0. The second kappa shape index (κ2) is 4.40. The molecule has 1 amide bonds. The van der Waals surface area contributed by atoms with E-state index in [-0.39, 0.29) is 17.1 Å². The molecule has 3 N–H and O–H groups in total. The number of halogens is 2. The van der Waals surface area contributed by atoms with Crippen LogP contribution < -0.4 is 11.1 Å². The summed E-state index contributed by atoms with van der Waals surface area (Å²) >= 11 is 0. The zero-order valence-corrected chi connectivity index (χ0v) is 9.20. The van der Waals surface area contributed by atoms with E-state index in [2.05, 4.69) is 20.3 Å². The number of carbonyl (C=O) groups excluding carboxylic acids is 1. The third-order valence-corrected chi connectivity index (χ3v) is 2.25. The summed E-state index contributed by atoms with van der Waals surface area (Å²) in [6.07, 6.45) is 0. The molecule has 1 heterocycles. The minimum Gasteiger partial charge on any atom is -0.395 e. The molecular formula is C10H8F2N4O2. The van der Waals surface area contributed by atoms with E-state index in [0.717, 1.165) is 12.1 Å². The van der Waals surface area contributed by atoms with Crippen molar-refractivity contribution in [2.24, 2.45) is 0 Å². The highest BCUT2D eigenvalue weighted by Gasteiger charge is 2.18. The van der Waals surface area contributed by atoms with Crippen LogP contribution in [0.15, 0.2) is 16.8 Å². The summed E-state index contributed by atoms with van der Waals surface area (Å²) < 4.78 is 30.3. The van der Waals surface area contributed by atoms with Gasteiger partial charge in [0.15, 0.2) is 17.3 Å². The lowest BCUT2D eigenvalue weighted by Crippen LogP contribution is -2.15. The van der Waals surface area contributed by atoms with Crippen molar-refractivity contribution in [3.63, 3.8) is 0 Å². The number of aryl methyl sites for hydroxylation is 1. The van der Waals surface area contributed by atoms with Crippen molar-refractivity contribution in [1.82, 2.24) is 10.3 Å². The van der Waals surface area contributed by atoms with Crippen LogP contribution in [0.5, 0.6) is 0 Å². The molecule has 0 spiro atoms. The van der Waals surface area contributed by atoms with Crippen molar-refractivity contribution in [3.05, 3.63) is 35.2 Å². The topological polar surface area (TPSA) is 94.0 Å². The highest BCUT2D eigenvalue weighted by molar-refractivity contribution is 6.04. The molecule has 0 fully saturated rings. The van der Waals surface area contributed by atoms with Crippen LogP contribution in [0.25, 0.3) is 0 Å². The van der Waals surface area contributed by atoms with Crippen molar-refractivity contribution in [2.45, 2.75) is 6.92 Å². The maximum Gasteiger partial charge on any atom is 0.279 e. The van der Waals surface area contributed by atoms with E-state index in [1.807, 2.05) is 0 Å². The average molecular weight is 254 g/mol. The monoisotopic (exact) mass is 254 g/mol. The Balaban J connectivity index is 2.28. The Hall–Kier alpha value is -2.51. The zero-order valence-electron chi connectivity index (χ0n) is 9.20. The molecule has 1 aromatic heterocycles. The van der Waals surface area contributed by atoms with Crippen LogP contribution in [-0.2, 0) is 0 Å². The fourth-order valence-electron chi connectivity index (χ4n) is 1.29. The third-order valence-electron chi connectivity index (χ3n) is 2.25. The number of nitrogens with one attached hydrogen (secondary N) is 1. The summed E-state index contributed by atoms with van der Waals surface area (Å²) in [7, 11) is 0. The Bertz CT molecular complexity index is 612. The largest absolute Gasteiger partial charge is 0.395 e. The molecule has 0 aliphatic heterocycles. The van der Waals surface area contributed by atoms with Gasteiger partial charge in [0.05, 0.1) is 11.4 Å². The average Bonchev–Trinajstić information content (AvgIpc) is 2.76. The van der Waals surface area contributed by atoms with Crippen LogP contribution in [0.2, 0.25) is 0 Å². The number of aromatic nitrogens is 2. The molecular weight excluding hydrogens is 246 g/mol. The lowest BCUT2D eigenvalue weighted by molar-refractivity contribution is 0.101. The molecule has 0 atom stereocenters. The molecule has 18 heavy (non-hydrogen) atoms. The predicted octanol–water partition coefficient (Wildman–Crippen LogP) is 1.49. The number of hydrogen-bond acceptors (Lipinski definition) is 5. The van der Waals surface area contributed by atoms with Gasteiger partial charge in [-0.2, -0.15) is 0 Å². The minimum atomic E-state index is -1.22. The normalized spacial score (nSPS) is 10.4. The molecule has 1 aromatic carbocycles. The summed E-state index contributed by atoms with van der Waals surface area (Å²) in [6.45, 7) is 1.51. The quantitative estimate of drug-likeness (QED) is 0.792. The van der Waals surface area contributed by atoms with Gasteiger partial charge in [-0.25, -0.2) is 13.4 Å². The first-order valence-corrected chi connectivity index (χ1v) is 4.84. The van der Waals surface area contributed by atoms with Gasteiger partial charge in [0, 0.05) is 0 Å². The van der Waals surface area contributed by atoms with E-state index in [9.17, 15) is 13.6 Å². The molecule has 0 aliphatic rings. The first-order chi connectivity index (χ1) is 8.50. The van der Waals surface area contributed by atoms with E-state index in [1.54, 1.807) is 0 Å². The lowest BCUT2D eigenvalue weighted by atomic mass is 10.2. The zero-order chi connectivity index (χ0) is 13.3. The van der Waals surface area contributed by atoms with Gasteiger partial charge in [0.1, 0.15) is 5.69 Å². The molecule has 0 saturated carbocycles. The van der Waals surface area contributed by atoms with Gasteiger partial charge >= 0.3 is 0 Å². The fourth-order valence-corrected chi connectivity index (χ4v) is 1.29. The maximum atomic E-state index is 13.2. The van der Waals surface area contributed by atoms with Crippen molar-refractivity contribution in [2.75, 3.05) is 11.1 Å². The molecule has 2 aromatic rings. The number of nitrogens with two attached hydrogens (primary N) is 1. The fraction of sp³-hybridized carbons (Fsp3) is 0.100. The summed E-state index contributed by atoms with van der Waals surface area (Å²) in [5, 5.41) is 9.08. The van der Waals surface area contributed by atoms with Gasteiger partial charge in [-0.3, -0.25) is 4.79 Å². The van der Waals surface area contributed by atoms with Gasteiger partial charge < -0.3 is 11.1 Å². The number of benzene rings is 1. The maximum absolute atomic E-state index is 13.2. The van der Waals surface area contributed by atoms with Crippen LogP contribution in [-0.4, -0.2) is 16.2 Å². The van der Waals surface area contributed by atoms with E-state index >= 15 is 0 Å². The Morgan fingerprint density at radius 2 is 2.11 bits per heavy atom. The first-order valence-electron chi connectivity index (χ1n) is 4.84. The van der Waals surface area contributed by atoms with Crippen molar-refractivity contribution >= 4 is 17.3 Å². The van der Waals surface area contributed by atoms with Crippen molar-refractivity contribution in [1.29, 1.82) is 0 Å². The number of anilines is 2. The Kier molecular flexibility index (Phi) is 2.92. The SMILES string of the molecule is Cc1nonc1C(=O)Nc1ccc(F)c(F)c1N. The van der Waals surface area contributed by atoms with Crippen LogP contribution in [0.3, 0.4) is 0 Å². The second-order valence-electron chi connectivity index (χ2n) is 3.47. The molecule has 6 nitrogen and oxygen atoms in total. The van der Waals surface area contributed by atoms with Crippen molar-refractivity contribution in [3.8, 4) is 0 Å². The molecule has 2 rings (SSSR count). The number of rotatable bonds is 2. The summed E-state index contributed by atoms with van der Waals surface area (Å²) in [4.78, 5) is 11.7. The van der Waals surface area contributed by atoms with Gasteiger partial charge in [-0.1, -0.05) is 5.16 Å². The molecule has 0 aliphatic carbocycles. The number of amides is 1. The van der Waals surface area contributed by atoms with Gasteiger partial charge in [0.25, 0.3) is 5.91 Å². The lowest BCUT2D eigenvalue weighted by Gasteiger charge is -2.07. The van der Waals surface area contributed by atoms with Crippen LogP contribution in [0, 0.1) is 18.6 Å². The highest BCUT2D eigenvalue weighted by Crippen LogP contribution is 2.24. The Morgan fingerprint density at radius 3 is 2.72 bits per heavy atom. The predicted molar refractivity (Wildman–Crippen MR) is 57.8 cm³/mol. The van der Waals surface area contributed by atoms with Gasteiger partial charge in [-0.15, -0.1) is 0 Å². The summed E-state index contributed by atoms with van der Waals surface area (Å²) in [6, 6.07) is 2.00. The third kappa shape index (κ3) is 1.99. The summed E-state index contributed by atoms with van der Waals surface area (Å²) in [5.74, 6) is -2.99. The van der Waals surface area contributed by atoms with E-state index < -0.39 is 23.2 Å². The number of nitrogens with zero attached hydrogens (tertiary/aromatic N) is 2. The minimum absolute atomic E-state index is 0.0544. The van der Waals surface area contributed by atoms with E-state index in [0.29, 0.717) is 0 Å². The Labute approximate surface area is 99.7 Å². The molecule has 8 heteroatoms. The van der Waals surface area contributed by atoms with Crippen LogP contribution in [0.4, 0.5) is 20.2 Å². The van der Waals surface area contributed by atoms with Crippen LogP contribution >= 0.6 is 0 Å². The number of nitrogen functional groups attached to an aromatic ring is 1. The van der Waals surface area contributed by atoms with Crippen molar-refractivity contribution < 1.29 is 18.2 Å². The summed E-state index contributed by atoms with van der Waals surface area (Å²) in [5.41, 5.74) is 5.01. The molecule has 0 unspecified atom stereocenters. The molecule has 94 valence electrons. The standard InChI is InChI=1S/C10H8F2N4O2/c1-4-9(16-18-15-4)10(17)14-6-3-2-5(11)7(12)8(6)13/h2-3H,13H2,1H3,(H,14,17). The molecule has 0 bridgehead atoms. The van der Waals surface area contributed by atoms with Gasteiger partial charge in [0.2, 0.25) is 0 Å². The Morgan fingerprint density at radius 1 is 1.39 bits per heavy atom. The van der Waals surface area contributed by atoms with E-state index in [4.69, 9.17) is 5.73 Å². The number of hydrogen-bond donors (Lipinski definition) is 2. The number of carbonyl (C=O) groups is 1.